The molecule has 0 saturated carbocycles. The second-order valence-electron chi connectivity index (χ2n) is 5.12. The van der Waals surface area contributed by atoms with Crippen molar-refractivity contribution in [1.29, 1.82) is 0 Å². The van der Waals surface area contributed by atoms with Crippen molar-refractivity contribution in [2.45, 2.75) is 13.0 Å². The van der Waals surface area contributed by atoms with Gasteiger partial charge in [0.25, 0.3) is 0 Å². The summed E-state index contributed by atoms with van der Waals surface area (Å²) in [5.74, 6) is -0.189. The van der Waals surface area contributed by atoms with Gasteiger partial charge in [-0.15, -0.1) is 0 Å². The van der Waals surface area contributed by atoms with Crippen molar-refractivity contribution in [3.63, 3.8) is 0 Å². The van der Waals surface area contributed by atoms with E-state index in [2.05, 4.69) is 26.2 Å². The molecule has 22 heavy (non-hydrogen) atoms. The zero-order chi connectivity index (χ0) is 15.7. The molecule has 3 heterocycles. The predicted octanol–water partition coefficient (Wildman–Crippen LogP) is 0.749. The molecule has 2 aromatic heterocycles. The van der Waals surface area contributed by atoms with E-state index in [0.717, 1.165) is 15.8 Å². The summed E-state index contributed by atoms with van der Waals surface area (Å²) in [5, 5.41) is 2.71. The van der Waals surface area contributed by atoms with E-state index < -0.39 is 10.0 Å². The Morgan fingerprint density at radius 2 is 2.18 bits per heavy atom. The van der Waals surface area contributed by atoms with Crippen LogP contribution in [0.5, 0.6) is 0 Å². The summed E-state index contributed by atoms with van der Waals surface area (Å²) < 4.78 is 27.3. The largest absolute Gasteiger partial charge is 0.349 e. The van der Waals surface area contributed by atoms with Gasteiger partial charge in [-0.1, -0.05) is 0 Å². The fraction of sp³-hybridized carbons (Fsp3) is 0.385. The van der Waals surface area contributed by atoms with Gasteiger partial charge in [0, 0.05) is 23.4 Å². The number of sulfonamides is 1. The first-order chi connectivity index (χ1) is 10.4. The van der Waals surface area contributed by atoms with E-state index in [-0.39, 0.29) is 24.7 Å². The summed E-state index contributed by atoms with van der Waals surface area (Å²) in [6, 6.07) is 3.76. The fourth-order valence-corrected chi connectivity index (χ4v) is 4.20. The van der Waals surface area contributed by atoms with Crippen LogP contribution in [-0.2, 0) is 21.4 Å². The van der Waals surface area contributed by atoms with Crippen molar-refractivity contribution in [2.75, 3.05) is 18.8 Å². The van der Waals surface area contributed by atoms with Crippen LogP contribution in [0.2, 0.25) is 0 Å². The maximum absolute atomic E-state index is 11.9. The number of aromatic nitrogens is 2. The van der Waals surface area contributed by atoms with Crippen LogP contribution in [0.15, 0.2) is 29.0 Å². The molecule has 0 bridgehead atoms. The molecule has 2 aromatic rings. The molecule has 1 aliphatic rings. The third kappa shape index (κ3) is 3.31. The molecule has 3 rings (SSSR count). The SMILES string of the molecule is O=C(CN1CCCS1(=O)=O)NCc1cn2cc(Br)ccc2n1. The number of nitrogens with one attached hydrogen (secondary N) is 1. The molecule has 0 aromatic carbocycles. The lowest BCUT2D eigenvalue weighted by atomic mass is 10.4. The summed E-state index contributed by atoms with van der Waals surface area (Å²) in [4.78, 5) is 16.3. The Morgan fingerprint density at radius 3 is 2.91 bits per heavy atom. The number of carbonyl (C=O) groups excluding carboxylic acids is 1. The number of nitrogens with zero attached hydrogens (tertiary/aromatic N) is 3. The van der Waals surface area contributed by atoms with E-state index in [1.165, 1.54) is 4.31 Å². The van der Waals surface area contributed by atoms with Gasteiger partial charge < -0.3 is 9.72 Å². The topological polar surface area (TPSA) is 83.8 Å². The molecule has 118 valence electrons. The number of halogens is 1. The second-order valence-corrected chi connectivity index (χ2v) is 8.13. The number of fused-ring (bicyclic) bond motifs is 1. The van der Waals surface area contributed by atoms with Gasteiger partial charge in [0.2, 0.25) is 15.9 Å². The molecule has 1 fully saturated rings. The molecule has 1 aliphatic heterocycles. The molecule has 7 nitrogen and oxygen atoms in total. The number of pyridine rings is 1. The highest BCUT2D eigenvalue weighted by Crippen LogP contribution is 2.13. The molecule has 1 N–H and O–H groups in total. The Balaban J connectivity index is 1.60. The predicted molar refractivity (Wildman–Crippen MR) is 84.7 cm³/mol. The quantitative estimate of drug-likeness (QED) is 0.839. The van der Waals surface area contributed by atoms with Crippen molar-refractivity contribution < 1.29 is 13.2 Å². The van der Waals surface area contributed by atoms with Crippen LogP contribution in [0.25, 0.3) is 5.65 Å². The van der Waals surface area contributed by atoms with Crippen LogP contribution in [0.1, 0.15) is 12.1 Å². The zero-order valence-corrected chi connectivity index (χ0v) is 14.1. The fourth-order valence-electron chi connectivity index (χ4n) is 2.38. The lowest BCUT2D eigenvalue weighted by molar-refractivity contribution is -0.121. The van der Waals surface area contributed by atoms with Crippen molar-refractivity contribution in [3.05, 3.63) is 34.7 Å². The average Bonchev–Trinajstić information content (AvgIpc) is 2.99. The summed E-state index contributed by atoms with van der Waals surface area (Å²) in [5.41, 5.74) is 1.50. The monoisotopic (exact) mass is 386 g/mol. The Morgan fingerprint density at radius 1 is 1.36 bits per heavy atom. The summed E-state index contributed by atoms with van der Waals surface area (Å²) >= 11 is 3.38. The molecule has 0 radical (unpaired) electrons. The average molecular weight is 387 g/mol. The first kappa shape index (κ1) is 15.4. The van der Waals surface area contributed by atoms with E-state index in [1.807, 2.05) is 28.9 Å². The molecule has 1 amide bonds. The maximum atomic E-state index is 11.9. The lowest BCUT2D eigenvalue weighted by Gasteiger charge is -2.13. The second kappa shape index (κ2) is 5.98. The Bertz CT molecular complexity index is 818. The molecule has 0 atom stereocenters. The number of hydrogen-bond donors (Lipinski definition) is 1. The minimum absolute atomic E-state index is 0.124. The Labute approximate surface area is 136 Å². The van der Waals surface area contributed by atoms with Crippen LogP contribution >= 0.6 is 15.9 Å². The summed E-state index contributed by atoms with van der Waals surface area (Å²) in [6.07, 6.45) is 4.29. The van der Waals surface area contributed by atoms with Crippen LogP contribution in [0.4, 0.5) is 0 Å². The van der Waals surface area contributed by atoms with Gasteiger partial charge in [-0.05, 0) is 34.5 Å². The van der Waals surface area contributed by atoms with Crippen molar-refractivity contribution in [3.8, 4) is 0 Å². The van der Waals surface area contributed by atoms with E-state index in [4.69, 9.17) is 0 Å². The smallest absolute Gasteiger partial charge is 0.235 e. The minimum atomic E-state index is -3.24. The lowest BCUT2D eigenvalue weighted by Crippen LogP contribution is -2.37. The molecule has 1 saturated heterocycles. The zero-order valence-electron chi connectivity index (χ0n) is 11.7. The number of hydrogen-bond acceptors (Lipinski definition) is 4. The minimum Gasteiger partial charge on any atom is -0.349 e. The number of imidazole rings is 1. The van der Waals surface area contributed by atoms with Crippen LogP contribution in [0, 0.1) is 0 Å². The van der Waals surface area contributed by atoms with Crippen LogP contribution < -0.4 is 5.32 Å². The summed E-state index contributed by atoms with van der Waals surface area (Å²) in [7, 11) is -3.24. The Kier molecular flexibility index (Phi) is 4.20. The van der Waals surface area contributed by atoms with Crippen LogP contribution in [0.3, 0.4) is 0 Å². The number of amides is 1. The van der Waals surface area contributed by atoms with Crippen molar-refractivity contribution in [2.24, 2.45) is 0 Å². The first-order valence-corrected chi connectivity index (χ1v) is 9.22. The van der Waals surface area contributed by atoms with E-state index in [9.17, 15) is 13.2 Å². The maximum Gasteiger partial charge on any atom is 0.235 e. The van der Waals surface area contributed by atoms with Gasteiger partial charge in [-0.25, -0.2) is 13.4 Å². The standard InChI is InChI=1S/C13H15BrN4O3S/c14-10-2-3-12-16-11(8-17(12)7-10)6-15-13(19)9-18-4-1-5-22(18,20)21/h2-3,7-8H,1,4-6,9H2,(H,15,19). The Hall–Kier alpha value is -1.45. The highest BCUT2D eigenvalue weighted by molar-refractivity contribution is 9.10. The molecular weight excluding hydrogens is 372 g/mol. The normalized spacial score (nSPS) is 17.9. The molecular formula is C13H15BrN4O3S. The van der Waals surface area contributed by atoms with E-state index in [0.29, 0.717) is 13.0 Å². The van der Waals surface area contributed by atoms with E-state index in [1.54, 1.807) is 0 Å². The third-order valence-corrected chi connectivity index (χ3v) is 5.83. The number of carbonyl (C=O) groups is 1. The van der Waals surface area contributed by atoms with E-state index >= 15 is 0 Å². The van der Waals surface area contributed by atoms with Crippen molar-refractivity contribution >= 4 is 37.5 Å². The van der Waals surface area contributed by atoms with Gasteiger partial charge >= 0.3 is 0 Å². The highest BCUT2D eigenvalue weighted by Gasteiger charge is 2.29. The highest BCUT2D eigenvalue weighted by atomic mass is 79.9. The van der Waals surface area contributed by atoms with Crippen LogP contribution in [-0.4, -0.2) is 46.9 Å². The number of rotatable bonds is 4. The van der Waals surface area contributed by atoms with Gasteiger partial charge in [-0.2, -0.15) is 4.31 Å². The first-order valence-electron chi connectivity index (χ1n) is 6.82. The molecule has 0 spiro atoms. The van der Waals surface area contributed by atoms with Gasteiger partial charge in [0.05, 0.1) is 24.5 Å². The van der Waals surface area contributed by atoms with Gasteiger partial charge in [0.1, 0.15) is 5.65 Å². The molecule has 0 unspecified atom stereocenters. The molecule has 0 aliphatic carbocycles. The third-order valence-electron chi connectivity index (χ3n) is 3.45. The summed E-state index contributed by atoms with van der Waals surface area (Å²) in [6.45, 7) is 0.561. The molecule has 9 heteroatoms. The van der Waals surface area contributed by atoms with Crippen molar-refractivity contribution in [1.82, 2.24) is 19.0 Å². The van der Waals surface area contributed by atoms with Gasteiger partial charge in [0.15, 0.2) is 0 Å². The van der Waals surface area contributed by atoms with Gasteiger partial charge in [-0.3, -0.25) is 4.79 Å².